The molecule has 4 rings (SSSR count). The van der Waals surface area contributed by atoms with Crippen LogP contribution in [0.5, 0.6) is 0 Å². The number of benzene rings is 1. The Kier molecular flexibility index (Phi) is 8.92. The summed E-state index contributed by atoms with van der Waals surface area (Å²) in [5.41, 5.74) is 3.48. The Morgan fingerprint density at radius 1 is 1.25 bits per heavy atom. The average molecular weight is 567 g/mol. The summed E-state index contributed by atoms with van der Waals surface area (Å²) in [7, 11) is 0. The van der Waals surface area contributed by atoms with Gasteiger partial charge in [0.25, 0.3) is 0 Å². The Bertz CT molecular complexity index is 1080. The topological polar surface area (TPSA) is 74.6 Å². The molecule has 172 valence electrons. The number of fused-ring (bicyclic) bond motifs is 2. The standard InChI is InChI=1S/C23H30N6OS.HI/c1-3-24-23(26-15-22(30)28-13-9-21-18(16-28)10-14-31-21)25-11-6-12-29-17(2)27-19-7-4-5-8-20(19)29;/h4-5,7-8,10,14H,3,6,9,11-13,15-16H2,1-2H3,(H2,24,25,26);1H. The third-order valence-corrected chi connectivity index (χ3v) is 6.60. The van der Waals surface area contributed by atoms with Gasteiger partial charge in [0, 0.05) is 37.6 Å². The Morgan fingerprint density at radius 3 is 2.94 bits per heavy atom. The number of para-hydroxylation sites is 2. The number of aliphatic imine (C=N–C) groups is 1. The second-order valence-electron chi connectivity index (χ2n) is 7.71. The molecule has 3 heterocycles. The summed E-state index contributed by atoms with van der Waals surface area (Å²) < 4.78 is 2.25. The number of thiophene rings is 1. The van der Waals surface area contributed by atoms with Crippen molar-refractivity contribution >= 4 is 58.2 Å². The summed E-state index contributed by atoms with van der Waals surface area (Å²) in [4.78, 5) is 25.1. The molecule has 0 spiro atoms. The van der Waals surface area contributed by atoms with Gasteiger partial charge in [-0.2, -0.15) is 0 Å². The van der Waals surface area contributed by atoms with Crippen LogP contribution >= 0.6 is 35.3 Å². The van der Waals surface area contributed by atoms with Crippen LogP contribution in [-0.2, 0) is 24.3 Å². The maximum absolute atomic E-state index is 12.6. The molecule has 0 aliphatic carbocycles. The fourth-order valence-electron chi connectivity index (χ4n) is 3.97. The monoisotopic (exact) mass is 566 g/mol. The number of halogens is 1. The maximum atomic E-state index is 12.6. The number of rotatable bonds is 7. The highest BCUT2D eigenvalue weighted by Gasteiger charge is 2.21. The van der Waals surface area contributed by atoms with E-state index in [1.807, 2.05) is 36.9 Å². The van der Waals surface area contributed by atoms with Gasteiger partial charge in [0.05, 0.1) is 11.0 Å². The number of hydrogen-bond donors (Lipinski definition) is 2. The molecule has 0 atom stereocenters. The molecule has 32 heavy (non-hydrogen) atoms. The van der Waals surface area contributed by atoms with Gasteiger partial charge in [-0.25, -0.2) is 9.98 Å². The lowest BCUT2D eigenvalue weighted by molar-refractivity contribution is -0.130. The second kappa shape index (κ2) is 11.6. The Labute approximate surface area is 210 Å². The number of carbonyl (C=O) groups excluding carboxylic acids is 1. The molecular weight excluding hydrogens is 535 g/mol. The zero-order valence-corrected chi connectivity index (χ0v) is 21.8. The molecular formula is C23H31IN6OS. The molecule has 1 aliphatic rings. The fraction of sp³-hybridized carbons (Fsp3) is 0.435. The normalized spacial score (nSPS) is 13.6. The predicted molar refractivity (Wildman–Crippen MR) is 142 cm³/mol. The molecule has 2 aromatic heterocycles. The van der Waals surface area contributed by atoms with Gasteiger partial charge in [0.15, 0.2) is 5.96 Å². The number of carbonyl (C=O) groups is 1. The van der Waals surface area contributed by atoms with E-state index in [1.54, 1.807) is 11.3 Å². The van der Waals surface area contributed by atoms with Crippen molar-refractivity contribution in [3.05, 3.63) is 52.0 Å². The van der Waals surface area contributed by atoms with Crippen molar-refractivity contribution in [2.24, 2.45) is 4.99 Å². The van der Waals surface area contributed by atoms with Crippen LogP contribution in [0.15, 0.2) is 40.7 Å². The van der Waals surface area contributed by atoms with Crippen molar-refractivity contribution < 1.29 is 4.79 Å². The lowest BCUT2D eigenvalue weighted by Crippen LogP contribution is -2.40. The first-order valence-corrected chi connectivity index (χ1v) is 11.8. The third-order valence-electron chi connectivity index (χ3n) is 5.57. The Balaban J connectivity index is 0.00000289. The highest BCUT2D eigenvalue weighted by atomic mass is 127. The van der Waals surface area contributed by atoms with E-state index in [0.29, 0.717) is 12.5 Å². The fourth-order valence-corrected chi connectivity index (χ4v) is 4.86. The van der Waals surface area contributed by atoms with Gasteiger partial charge in [-0.05, 0) is 55.8 Å². The lowest BCUT2D eigenvalue weighted by atomic mass is 10.1. The molecule has 7 nitrogen and oxygen atoms in total. The number of guanidine groups is 1. The van der Waals surface area contributed by atoms with Gasteiger partial charge in [-0.15, -0.1) is 35.3 Å². The van der Waals surface area contributed by atoms with E-state index >= 15 is 0 Å². The number of hydrogen-bond acceptors (Lipinski definition) is 4. The molecule has 1 aromatic carbocycles. The maximum Gasteiger partial charge on any atom is 0.244 e. The van der Waals surface area contributed by atoms with Crippen LogP contribution < -0.4 is 10.6 Å². The minimum Gasteiger partial charge on any atom is -0.357 e. The van der Waals surface area contributed by atoms with E-state index in [0.717, 1.165) is 50.4 Å². The van der Waals surface area contributed by atoms with E-state index in [2.05, 4.69) is 42.7 Å². The second-order valence-corrected chi connectivity index (χ2v) is 8.71. The highest BCUT2D eigenvalue weighted by Crippen LogP contribution is 2.24. The van der Waals surface area contributed by atoms with E-state index < -0.39 is 0 Å². The van der Waals surface area contributed by atoms with Crippen molar-refractivity contribution in [1.29, 1.82) is 0 Å². The molecule has 1 amide bonds. The van der Waals surface area contributed by atoms with Crippen LogP contribution in [0.25, 0.3) is 11.0 Å². The van der Waals surface area contributed by atoms with Gasteiger partial charge in [-0.3, -0.25) is 4.79 Å². The third kappa shape index (κ3) is 5.80. The number of nitrogens with zero attached hydrogens (tertiary/aromatic N) is 4. The van der Waals surface area contributed by atoms with Crippen molar-refractivity contribution in [2.45, 2.75) is 39.8 Å². The first-order chi connectivity index (χ1) is 15.2. The van der Waals surface area contributed by atoms with E-state index in [9.17, 15) is 4.79 Å². The Hall–Kier alpha value is -2.14. The van der Waals surface area contributed by atoms with Gasteiger partial charge >= 0.3 is 0 Å². The smallest absolute Gasteiger partial charge is 0.244 e. The minimum atomic E-state index is 0. The van der Waals surface area contributed by atoms with Crippen LogP contribution in [0.3, 0.4) is 0 Å². The Morgan fingerprint density at radius 2 is 2.09 bits per heavy atom. The van der Waals surface area contributed by atoms with Crippen molar-refractivity contribution in [3.63, 3.8) is 0 Å². The molecule has 0 saturated carbocycles. The van der Waals surface area contributed by atoms with Crippen LogP contribution in [0.4, 0.5) is 0 Å². The largest absolute Gasteiger partial charge is 0.357 e. The molecule has 2 N–H and O–H groups in total. The summed E-state index contributed by atoms with van der Waals surface area (Å²) in [6, 6.07) is 10.3. The number of nitrogens with one attached hydrogen (secondary N) is 2. The predicted octanol–water partition coefficient (Wildman–Crippen LogP) is 3.55. The van der Waals surface area contributed by atoms with Crippen LogP contribution in [0, 0.1) is 6.92 Å². The first-order valence-electron chi connectivity index (χ1n) is 10.9. The van der Waals surface area contributed by atoms with Crippen molar-refractivity contribution in [3.8, 4) is 0 Å². The van der Waals surface area contributed by atoms with Gasteiger partial charge < -0.3 is 20.1 Å². The summed E-state index contributed by atoms with van der Waals surface area (Å²) >= 11 is 1.78. The molecule has 3 aromatic rings. The van der Waals surface area contributed by atoms with Crippen LogP contribution in [-0.4, -0.2) is 52.5 Å². The molecule has 0 saturated heterocycles. The van der Waals surface area contributed by atoms with Gasteiger partial charge in [-0.1, -0.05) is 12.1 Å². The van der Waals surface area contributed by atoms with Gasteiger partial charge in [0.2, 0.25) is 5.91 Å². The van der Waals surface area contributed by atoms with Gasteiger partial charge in [0.1, 0.15) is 12.4 Å². The number of aryl methyl sites for hydroxylation is 2. The molecule has 0 radical (unpaired) electrons. The molecule has 0 unspecified atom stereocenters. The molecule has 0 fully saturated rings. The van der Waals surface area contributed by atoms with E-state index in [4.69, 9.17) is 0 Å². The number of aromatic nitrogens is 2. The zero-order chi connectivity index (χ0) is 21.6. The minimum absolute atomic E-state index is 0. The summed E-state index contributed by atoms with van der Waals surface area (Å²) in [5.74, 6) is 1.80. The van der Waals surface area contributed by atoms with Crippen LogP contribution in [0.2, 0.25) is 0 Å². The molecule has 9 heteroatoms. The SMILES string of the molecule is CCNC(=NCC(=O)N1CCc2sccc2C1)NCCCn1c(C)nc2ccccc21.I. The highest BCUT2D eigenvalue weighted by molar-refractivity contribution is 14.0. The van der Waals surface area contributed by atoms with Crippen molar-refractivity contribution in [1.82, 2.24) is 25.1 Å². The number of imidazole rings is 1. The molecule has 0 bridgehead atoms. The first kappa shape index (κ1) is 24.5. The summed E-state index contributed by atoms with van der Waals surface area (Å²) in [6.07, 6.45) is 1.88. The number of amides is 1. The van der Waals surface area contributed by atoms with E-state index in [1.165, 1.54) is 16.0 Å². The van der Waals surface area contributed by atoms with Crippen molar-refractivity contribution in [2.75, 3.05) is 26.2 Å². The summed E-state index contributed by atoms with van der Waals surface area (Å²) in [6.45, 7) is 8.14. The average Bonchev–Trinajstić information content (AvgIpc) is 3.37. The molecule has 1 aliphatic heterocycles. The quantitative estimate of drug-likeness (QED) is 0.199. The van der Waals surface area contributed by atoms with E-state index in [-0.39, 0.29) is 36.4 Å². The lowest BCUT2D eigenvalue weighted by Gasteiger charge is -2.26. The zero-order valence-electron chi connectivity index (χ0n) is 18.6. The summed E-state index contributed by atoms with van der Waals surface area (Å²) in [5, 5.41) is 8.70. The van der Waals surface area contributed by atoms with Crippen LogP contribution in [0.1, 0.15) is 29.6 Å².